The van der Waals surface area contributed by atoms with E-state index in [2.05, 4.69) is 10.3 Å². The molecule has 0 N–H and O–H groups in total. The highest BCUT2D eigenvalue weighted by Gasteiger charge is 2.28. The van der Waals surface area contributed by atoms with Crippen molar-refractivity contribution in [3.05, 3.63) is 59.6 Å². The SMILES string of the molecule is O=S(=O)(c1ccccc1)N1CCN(Cc2csc(-c3ccc4c(c3)OCO4)n2)CC1. The summed E-state index contributed by atoms with van der Waals surface area (Å²) in [5.74, 6) is 1.51. The number of aromatic nitrogens is 1. The summed E-state index contributed by atoms with van der Waals surface area (Å²) in [5.41, 5.74) is 2.00. The molecule has 0 saturated carbocycles. The van der Waals surface area contributed by atoms with Crippen LogP contribution in [0.1, 0.15) is 5.69 Å². The van der Waals surface area contributed by atoms with Gasteiger partial charge in [0.05, 0.1) is 10.6 Å². The summed E-state index contributed by atoms with van der Waals surface area (Å²) in [5, 5.41) is 3.00. The van der Waals surface area contributed by atoms with Crippen LogP contribution in [0.15, 0.2) is 58.8 Å². The molecule has 0 unspecified atom stereocenters. The molecule has 3 heterocycles. The van der Waals surface area contributed by atoms with Crippen molar-refractivity contribution in [1.29, 1.82) is 0 Å². The minimum atomic E-state index is -3.42. The highest BCUT2D eigenvalue weighted by Crippen LogP contribution is 2.36. The maximum absolute atomic E-state index is 12.8. The van der Waals surface area contributed by atoms with Gasteiger partial charge in [-0.15, -0.1) is 11.3 Å². The maximum atomic E-state index is 12.8. The quantitative estimate of drug-likeness (QED) is 0.604. The lowest BCUT2D eigenvalue weighted by molar-refractivity contribution is 0.174. The molecule has 5 rings (SSSR count). The molecule has 0 radical (unpaired) electrons. The number of hydrogen-bond acceptors (Lipinski definition) is 7. The lowest BCUT2D eigenvalue weighted by Gasteiger charge is -2.33. The third kappa shape index (κ3) is 3.81. The lowest BCUT2D eigenvalue weighted by Crippen LogP contribution is -2.48. The molecule has 0 spiro atoms. The number of rotatable bonds is 5. The first-order valence-electron chi connectivity index (χ1n) is 9.71. The minimum Gasteiger partial charge on any atom is -0.454 e. The van der Waals surface area contributed by atoms with E-state index >= 15 is 0 Å². The highest BCUT2D eigenvalue weighted by molar-refractivity contribution is 7.89. The molecule has 1 fully saturated rings. The van der Waals surface area contributed by atoms with Crippen molar-refractivity contribution in [1.82, 2.24) is 14.2 Å². The first-order chi connectivity index (χ1) is 14.6. The molecule has 156 valence electrons. The number of nitrogens with zero attached hydrogens (tertiary/aromatic N) is 3. The second-order valence-corrected chi connectivity index (χ2v) is 10.0. The smallest absolute Gasteiger partial charge is 0.243 e. The second kappa shape index (κ2) is 7.99. The van der Waals surface area contributed by atoms with Crippen molar-refractivity contribution >= 4 is 21.4 Å². The van der Waals surface area contributed by atoms with Crippen molar-refractivity contribution in [2.75, 3.05) is 33.0 Å². The monoisotopic (exact) mass is 443 g/mol. The summed E-state index contributed by atoms with van der Waals surface area (Å²) in [6, 6.07) is 14.5. The van der Waals surface area contributed by atoms with Crippen LogP contribution in [-0.4, -0.2) is 55.6 Å². The van der Waals surface area contributed by atoms with E-state index in [1.165, 1.54) is 0 Å². The maximum Gasteiger partial charge on any atom is 0.243 e. The molecule has 30 heavy (non-hydrogen) atoms. The first-order valence-corrected chi connectivity index (χ1v) is 12.0. The van der Waals surface area contributed by atoms with E-state index < -0.39 is 10.0 Å². The second-order valence-electron chi connectivity index (χ2n) is 7.21. The van der Waals surface area contributed by atoms with Crippen LogP contribution in [0, 0.1) is 0 Å². The fourth-order valence-electron chi connectivity index (χ4n) is 3.64. The molecule has 1 saturated heterocycles. The van der Waals surface area contributed by atoms with Crippen molar-refractivity contribution in [2.45, 2.75) is 11.4 Å². The van der Waals surface area contributed by atoms with Gasteiger partial charge in [-0.05, 0) is 30.3 Å². The fraction of sp³-hybridized carbons (Fsp3) is 0.286. The Morgan fingerprint density at radius 3 is 2.53 bits per heavy atom. The predicted molar refractivity (Wildman–Crippen MR) is 114 cm³/mol. The van der Waals surface area contributed by atoms with Crippen LogP contribution in [0.25, 0.3) is 10.6 Å². The normalized spacial score (nSPS) is 17.3. The molecule has 1 aromatic heterocycles. The standard InChI is InChI=1S/C21H21N3O4S2/c25-30(26,18-4-2-1-3-5-18)24-10-8-23(9-11-24)13-17-14-29-21(22-17)16-6-7-19-20(12-16)28-15-27-19/h1-7,12,14H,8-11,13,15H2. The number of hydrogen-bond donors (Lipinski definition) is 0. The van der Waals surface area contributed by atoms with Gasteiger partial charge in [0, 0.05) is 43.7 Å². The Morgan fingerprint density at radius 2 is 1.73 bits per heavy atom. The minimum absolute atomic E-state index is 0.258. The van der Waals surface area contributed by atoms with Gasteiger partial charge in [0.1, 0.15) is 5.01 Å². The Hall–Kier alpha value is -2.46. The molecule has 0 amide bonds. The summed E-state index contributed by atoms with van der Waals surface area (Å²) in [6.45, 7) is 3.30. The first kappa shape index (κ1) is 19.5. The molecule has 0 atom stereocenters. The summed E-state index contributed by atoms with van der Waals surface area (Å²) >= 11 is 1.60. The number of benzene rings is 2. The van der Waals surface area contributed by atoms with Gasteiger partial charge in [0.25, 0.3) is 0 Å². The average molecular weight is 444 g/mol. The number of ether oxygens (including phenoxy) is 2. The van der Waals surface area contributed by atoms with Crippen LogP contribution >= 0.6 is 11.3 Å². The zero-order valence-electron chi connectivity index (χ0n) is 16.2. The van der Waals surface area contributed by atoms with Crippen LogP contribution < -0.4 is 9.47 Å². The van der Waals surface area contributed by atoms with Crippen LogP contribution in [0.4, 0.5) is 0 Å². The topological polar surface area (TPSA) is 72.0 Å². The zero-order chi connectivity index (χ0) is 20.6. The van der Waals surface area contributed by atoms with E-state index in [1.54, 1.807) is 39.9 Å². The van der Waals surface area contributed by atoms with Gasteiger partial charge in [-0.3, -0.25) is 4.90 Å². The number of piperazine rings is 1. The van der Waals surface area contributed by atoms with Crippen LogP contribution in [0.2, 0.25) is 0 Å². The predicted octanol–water partition coefficient (Wildman–Crippen LogP) is 3.05. The third-order valence-corrected chi connectivity index (χ3v) is 8.12. The van der Waals surface area contributed by atoms with Gasteiger partial charge >= 0.3 is 0 Å². The Labute approximate surface area is 179 Å². The molecule has 2 aromatic carbocycles. The van der Waals surface area contributed by atoms with Crippen molar-refractivity contribution in [3.63, 3.8) is 0 Å². The Kier molecular flexibility index (Phi) is 5.20. The number of thiazole rings is 1. The van der Waals surface area contributed by atoms with Gasteiger partial charge in [0.2, 0.25) is 16.8 Å². The summed E-state index contributed by atoms with van der Waals surface area (Å²) in [7, 11) is -3.42. The van der Waals surface area contributed by atoms with Gasteiger partial charge in [-0.1, -0.05) is 18.2 Å². The van der Waals surface area contributed by atoms with E-state index in [0.717, 1.165) is 27.8 Å². The van der Waals surface area contributed by atoms with Crippen molar-refractivity contribution < 1.29 is 17.9 Å². The lowest BCUT2D eigenvalue weighted by atomic mass is 10.2. The molecular formula is C21H21N3O4S2. The van der Waals surface area contributed by atoms with E-state index in [1.807, 2.05) is 24.3 Å². The van der Waals surface area contributed by atoms with E-state index in [0.29, 0.717) is 37.6 Å². The summed E-state index contributed by atoms with van der Waals surface area (Å²) < 4.78 is 37.9. The number of fused-ring (bicyclic) bond motifs is 1. The van der Waals surface area contributed by atoms with Gasteiger partial charge in [0.15, 0.2) is 11.5 Å². The Balaban J connectivity index is 1.21. The van der Waals surface area contributed by atoms with E-state index in [9.17, 15) is 8.42 Å². The van der Waals surface area contributed by atoms with Crippen LogP contribution in [-0.2, 0) is 16.6 Å². The average Bonchev–Trinajstić information content (AvgIpc) is 3.43. The molecule has 0 bridgehead atoms. The molecule has 2 aliphatic rings. The molecule has 0 aliphatic carbocycles. The molecular weight excluding hydrogens is 422 g/mol. The van der Waals surface area contributed by atoms with E-state index in [4.69, 9.17) is 14.5 Å². The molecule has 9 heteroatoms. The van der Waals surface area contributed by atoms with Crippen LogP contribution in [0.3, 0.4) is 0 Å². The molecule has 3 aromatic rings. The Morgan fingerprint density at radius 1 is 0.967 bits per heavy atom. The van der Waals surface area contributed by atoms with Crippen molar-refractivity contribution in [3.8, 4) is 22.1 Å². The van der Waals surface area contributed by atoms with Gasteiger partial charge in [-0.25, -0.2) is 13.4 Å². The highest BCUT2D eigenvalue weighted by atomic mass is 32.2. The molecule has 2 aliphatic heterocycles. The van der Waals surface area contributed by atoms with Gasteiger partial charge < -0.3 is 9.47 Å². The number of sulfonamides is 1. The van der Waals surface area contributed by atoms with Crippen LogP contribution in [0.5, 0.6) is 11.5 Å². The zero-order valence-corrected chi connectivity index (χ0v) is 17.9. The fourth-order valence-corrected chi connectivity index (χ4v) is 5.89. The largest absolute Gasteiger partial charge is 0.454 e. The summed E-state index contributed by atoms with van der Waals surface area (Å²) in [6.07, 6.45) is 0. The van der Waals surface area contributed by atoms with E-state index in [-0.39, 0.29) is 6.79 Å². The molecule has 7 nitrogen and oxygen atoms in total. The summed E-state index contributed by atoms with van der Waals surface area (Å²) in [4.78, 5) is 7.36. The Bertz CT molecular complexity index is 1140. The third-order valence-electron chi connectivity index (χ3n) is 5.27. The van der Waals surface area contributed by atoms with Gasteiger partial charge in [-0.2, -0.15) is 4.31 Å². The van der Waals surface area contributed by atoms with Crippen molar-refractivity contribution in [2.24, 2.45) is 0 Å².